The summed E-state index contributed by atoms with van der Waals surface area (Å²) in [6, 6.07) is 8.72. The summed E-state index contributed by atoms with van der Waals surface area (Å²) in [4.78, 5) is 2.29. The fraction of sp³-hybridized carbons (Fsp3) is 0.429. The van der Waals surface area contributed by atoms with Crippen molar-refractivity contribution in [2.75, 3.05) is 13.6 Å². The predicted molar refractivity (Wildman–Crippen MR) is 106 cm³/mol. The van der Waals surface area contributed by atoms with Gasteiger partial charge in [0, 0.05) is 18.5 Å². The van der Waals surface area contributed by atoms with E-state index in [0.717, 1.165) is 13.1 Å². The van der Waals surface area contributed by atoms with Gasteiger partial charge in [-0.25, -0.2) is 0 Å². The van der Waals surface area contributed by atoms with Gasteiger partial charge in [-0.2, -0.15) is 0 Å². The summed E-state index contributed by atoms with van der Waals surface area (Å²) in [7, 11) is 2.13. The summed E-state index contributed by atoms with van der Waals surface area (Å²) in [5.41, 5.74) is 4.01. The number of hydrogen-bond donors (Lipinski definition) is 0. The first kappa shape index (κ1) is 21.5. The van der Waals surface area contributed by atoms with Crippen molar-refractivity contribution in [1.29, 1.82) is 0 Å². The van der Waals surface area contributed by atoms with Crippen LogP contribution in [-0.4, -0.2) is 18.5 Å². The van der Waals surface area contributed by atoms with E-state index < -0.39 is 0 Å². The zero-order valence-electron chi connectivity index (χ0n) is 15.3. The molecule has 0 N–H and O–H groups in total. The van der Waals surface area contributed by atoms with Gasteiger partial charge in [-0.05, 0) is 58.9 Å². The largest absolute Gasteiger partial charge is 0.298 e. The van der Waals surface area contributed by atoms with Gasteiger partial charge >= 0.3 is 0 Å². The highest BCUT2D eigenvalue weighted by molar-refractivity contribution is 5.85. The van der Waals surface area contributed by atoms with Crippen LogP contribution < -0.4 is 0 Å². The predicted octanol–water partition coefficient (Wildman–Crippen LogP) is 5.57. The van der Waals surface area contributed by atoms with Crippen LogP contribution in [-0.2, 0) is 6.54 Å². The molecule has 0 bridgehead atoms. The fourth-order valence-electron chi connectivity index (χ4n) is 2.04. The topological polar surface area (TPSA) is 3.24 Å². The van der Waals surface area contributed by atoms with E-state index in [4.69, 9.17) is 0 Å². The van der Waals surface area contributed by atoms with Gasteiger partial charge in [-0.3, -0.25) is 4.90 Å². The maximum absolute atomic E-state index is 3.21. The van der Waals surface area contributed by atoms with E-state index in [9.17, 15) is 0 Å². The van der Waals surface area contributed by atoms with Crippen molar-refractivity contribution in [3.63, 3.8) is 0 Å². The third-order valence-electron chi connectivity index (χ3n) is 2.92. The molecule has 0 heterocycles. The van der Waals surface area contributed by atoms with Crippen LogP contribution in [0.25, 0.3) is 6.08 Å². The molecule has 0 aliphatic carbocycles. The Morgan fingerprint density at radius 2 is 1.91 bits per heavy atom. The van der Waals surface area contributed by atoms with Crippen LogP contribution in [0.2, 0.25) is 0 Å². The normalized spacial score (nSPS) is 10.9. The Balaban J connectivity index is 0.00000484. The maximum atomic E-state index is 3.21. The molecule has 0 amide bonds. The Morgan fingerprint density at radius 1 is 1.22 bits per heavy atom. The summed E-state index contributed by atoms with van der Waals surface area (Å²) in [5, 5.41) is 0. The summed E-state index contributed by atoms with van der Waals surface area (Å²) in [6.07, 6.45) is 6.30. The van der Waals surface area contributed by atoms with Crippen molar-refractivity contribution in [2.24, 2.45) is 5.41 Å². The molecule has 126 valence electrons. The lowest BCUT2D eigenvalue weighted by molar-refractivity contribution is 0.363. The number of nitrogens with zero attached hydrogens (tertiary/aromatic N) is 1. The Labute approximate surface area is 148 Å². The highest BCUT2D eigenvalue weighted by Crippen LogP contribution is 2.11. The fourth-order valence-corrected chi connectivity index (χ4v) is 2.04. The van der Waals surface area contributed by atoms with Crippen LogP contribution in [0.1, 0.15) is 45.7 Å². The molecular formula is C21H30ClN. The van der Waals surface area contributed by atoms with Crippen molar-refractivity contribution in [1.82, 2.24) is 4.90 Å². The molecule has 1 aromatic carbocycles. The molecular weight excluding hydrogens is 302 g/mol. The van der Waals surface area contributed by atoms with Crippen molar-refractivity contribution in [3.05, 3.63) is 53.1 Å². The Kier molecular flexibility index (Phi) is 9.65. The summed E-state index contributed by atoms with van der Waals surface area (Å²) >= 11 is 0. The Hall–Kier alpha value is -1.49. The molecule has 0 aliphatic heterocycles. The van der Waals surface area contributed by atoms with E-state index in [1.807, 2.05) is 6.08 Å². The lowest BCUT2D eigenvalue weighted by Gasteiger charge is -2.14. The standard InChI is InChI=1S/C21H29N.ClH/c1-18(2)15-19-11-10-12-20(16-19)17-22(6)14-9-7-8-13-21(3,4)5;/h7,9-12,15-16H,14,17H2,1-6H3;1H/b9-7+;. The molecule has 0 aliphatic rings. The minimum atomic E-state index is 0. The van der Waals surface area contributed by atoms with E-state index >= 15 is 0 Å². The van der Waals surface area contributed by atoms with Crippen LogP contribution in [0.5, 0.6) is 0 Å². The third-order valence-corrected chi connectivity index (χ3v) is 2.92. The SMILES string of the molecule is CC(C)=Cc1cccc(CN(C)C/C=C/C#CC(C)(C)C)c1.Cl. The number of benzene rings is 1. The monoisotopic (exact) mass is 331 g/mol. The third kappa shape index (κ3) is 10.8. The quantitative estimate of drug-likeness (QED) is 0.637. The van der Waals surface area contributed by atoms with E-state index in [1.165, 1.54) is 16.7 Å². The number of likely N-dealkylation sites (N-methyl/N-ethyl adjacent to an activating group) is 1. The van der Waals surface area contributed by atoms with E-state index in [0.29, 0.717) is 0 Å². The summed E-state index contributed by atoms with van der Waals surface area (Å²) in [6.45, 7) is 12.5. The number of rotatable bonds is 5. The first-order valence-corrected chi connectivity index (χ1v) is 7.86. The molecule has 0 saturated carbocycles. The van der Waals surface area contributed by atoms with Gasteiger partial charge in [-0.1, -0.05) is 53.8 Å². The second-order valence-electron chi connectivity index (χ2n) is 7.09. The highest BCUT2D eigenvalue weighted by atomic mass is 35.5. The molecule has 0 unspecified atom stereocenters. The van der Waals surface area contributed by atoms with Crippen LogP contribution in [0, 0.1) is 17.3 Å². The average Bonchev–Trinajstić information content (AvgIpc) is 2.36. The smallest absolute Gasteiger partial charge is 0.0234 e. The number of allylic oxidation sites excluding steroid dienone is 2. The molecule has 2 heteroatoms. The van der Waals surface area contributed by atoms with E-state index in [1.54, 1.807) is 0 Å². The molecule has 0 spiro atoms. The molecule has 0 atom stereocenters. The van der Waals surface area contributed by atoms with Gasteiger partial charge in [0.05, 0.1) is 0 Å². The van der Waals surface area contributed by atoms with Gasteiger partial charge < -0.3 is 0 Å². The van der Waals surface area contributed by atoms with Crippen molar-refractivity contribution < 1.29 is 0 Å². The van der Waals surface area contributed by atoms with Gasteiger partial charge in [0.15, 0.2) is 0 Å². The van der Waals surface area contributed by atoms with Crippen LogP contribution in [0.4, 0.5) is 0 Å². The number of hydrogen-bond acceptors (Lipinski definition) is 1. The first-order chi connectivity index (χ1) is 10.3. The van der Waals surface area contributed by atoms with Gasteiger partial charge in [0.25, 0.3) is 0 Å². The molecule has 0 aromatic heterocycles. The van der Waals surface area contributed by atoms with Crippen molar-refractivity contribution >= 4 is 18.5 Å². The molecule has 1 aromatic rings. The maximum Gasteiger partial charge on any atom is 0.0234 e. The van der Waals surface area contributed by atoms with Gasteiger partial charge in [-0.15, -0.1) is 12.4 Å². The lowest BCUT2D eigenvalue weighted by Crippen LogP contribution is -2.17. The summed E-state index contributed by atoms with van der Waals surface area (Å²) < 4.78 is 0. The second kappa shape index (κ2) is 10.3. The number of halogens is 1. The molecule has 23 heavy (non-hydrogen) atoms. The Bertz CT molecular complexity index is 590. The first-order valence-electron chi connectivity index (χ1n) is 7.86. The zero-order valence-corrected chi connectivity index (χ0v) is 16.1. The van der Waals surface area contributed by atoms with E-state index in [2.05, 4.69) is 94.8 Å². The Morgan fingerprint density at radius 3 is 2.52 bits per heavy atom. The van der Waals surface area contributed by atoms with Crippen molar-refractivity contribution in [3.8, 4) is 11.8 Å². The summed E-state index contributed by atoms with van der Waals surface area (Å²) in [5.74, 6) is 6.32. The molecule has 0 radical (unpaired) electrons. The van der Waals surface area contributed by atoms with Crippen molar-refractivity contribution in [2.45, 2.75) is 41.2 Å². The molecule has 1 rings (SSSR count). The minimum absolute atomic E-state index is 0. The second-order valence-corrected chi connectivity index (χ2v) is 7.09. The molecule has 0 saturated heterocycles. The van der Waals surface area contributed by atoms with Gasteiger partial charge in [0.2, 0.25) is 0 Å². The van der Waals surface area contributed by atoms with Crippen LogP contribution in [0.3, 0.4) is 0 Å². The minimum Gasteiger partial charge on any atom is -0.298 e. The highest BCUT2D eigenvalue weighted by Gasteiger charge is 2.02. The average molecular weight is 332 g/mol. The van der Waals surface area contributed by atoms with Crippen LogP contribution in [0.15, 0.2) is 42.0 Å². The lowest BCUT2D eigenvalue weighted by atomic mass is 9.98. The zero-order chi connectivity index (χ0) is 16.6. The molecule has 0 fully saturated rings. The van der Waals surface area contributed by atoms with Gasteiger partial charge in [0.1, 0.15) is 0 Å². The molecule has 1 nitrogen and oxygen atoms in total. The van der Waals surface area contributed by atoms with E-state index in [-0.39, 0.29) is 17.8 Å². The van der Waals surface area contributed by atoms with Crippen LogP contribution >= 0.6 is 12.4 Å².